The zero-order chi connectivity index (χ0) is 15.6. The van der Waals surface area contributed by atoms with Gasteiger partial charge in [0, 0.05) is 29.6 Å². The SMILES string of the molecule is CC[C@@H]1CN(C(=O)c2cc(Cl)cc(OC)c2)CC[C@]1(C)O. The van der Waals surface area contributed by atoms with Crippen LogP contribution in [0.2, 0.25) is 5.02 Å². The fraction of sp³-hybridized carbons (Fsp3) is 0.562. The third-order valence-corrected chi connectivity index (χ3v) is 4.56. The number of amides is 1. The quantitative estimate of drug-likeness (QED) is 0.933. The molecule has 0 spiro atoms. The zero-order valence-electron chi connectivity index (χ0n) is 12.7. The summed E-state index contributed by atoms with van der Waals surface area (Å²) < 4.78 is 5.15. The molecule has 1 heterocycles. The fourth-order valence-electron chi connectivity index (χ4n) is 2.86. The first kappa shape index (κ1) is 16.1. The van der Waals surface area contributed by atoms with E-state index < -0.39 is 5.60 Å². The number of piperidine rings is 1. The molecule has 1 aromatic rings. The number of ether oxygens (including phenoxy) is 1. The number of hydrogen-bond donors (Lipinski definition) is 1. The van der Waals surface area contributed by atoms with Crippen LogP contribution in [0.15, 0.2) is 18.2 Å². The summed E-state index contributed by atoms with van der Waals surface area (Å²) in [6.07, 6.45) is 1.44. The molecule has 116 valence electrons. The van der Waals surface area contributed by atoms with Crippen LogP contribution in [0.5, 0.6) is 5.75 Å². The molecule has 1 N–H and O–H groups in total. The fourth-order valence-corrected chi connectivity index (χ4v) is 3.08. The van der Waals surface area contributed by atoms with Crippen LogP contribution in [0.4, 0.5) is 0 Å². The van der Waals surface area contributed by atoms with Crippen molar-refractivity contribution in [1.82, 2.24) is 4.90 Å². The van der Waals surface area contributed by atoms with Crippen molar-refractivity contribution in [2.24, 2.45) is 5.92 Å². The molecule has 0 bridgehead atoms. The van der Waals surface area contributed by atoms with Gasteiger partial charge in [0.05, 0.1) is 12.7 Å². The van der Waals surface area contributed by atoms with Gasteiger partial charge < -0.3 is 14.7 Å². The lowest BCUT2D eigenvalue weighted by atomic mass is 9.81. The summed E-state index contributed by atoms with van der Waals surface area (Å²) in [5, 5.41) is 10.8. The maximum Gasteiger partial charge on any atom is 0.254 e. The molecule has 5 heteroatoms. The van der Waals surface area contributed by atoms with Crippen LogP contribution in [-0.4, -0.2) is 41.7 Å². The number of carbonyl (C=O) groups is 1. The second kappa shape index (κ2) is 6.24. The topological polar surface area (TPSA) is 49.8 Å². The number of halogens is 1. The Kier molecular flexibility index (Phi) is 4.79. The monoisotopic (exact) mass is 311 g/mol. The average Bonchev–Trinajstić information content (AvgIpc) is 2.45. The van der Waals surface area contributed by atoms with Gasteiger partial charge >= 0.3 is 0 Å². The summed E-state index contributed by atoms with van der Waals surface area (Å²) in [6.45, 7) is 5.01. The molecule has 21 heavy (non-hydrogen) atoms. The van der Waals surface area contributed by atoms with Gasteiger partial charge in [-0.1, -0.05) is 18.5 Å². The van der Waals surface area contributed by atoms with Crippen molar-refractivity contribution in [3.05, 3.63) is 28.8 Å². The minimum absolute atomic E-state index is 0.0650. The van der Waals surface area contributed by atoms with Crippen molar-refractivity contribution in [3.63, 3.8) is 0 Å². The lowest BCUT2D eigenvalue weighted by Crippen LogP contribution is -2.51. The Morgan fingerprint density at radius 3 is 2.86 bits per heavy atom. The molecule has 1 saturated heterocycles. The molecular weight excluding hydrogens is 290 g/mol. The van der Waals surface area contributed by atoms with Gasteiger partial charge in [0.2, 0.25) is 0 Å². The molecule has 2 atom stereocenters. The van der Waals surface area contributed by atoms with Crippen molar-refractivity contribution in [1.29, 1.82) is 0 Å². The van der Waals surface area contributed by atoms with Gasteiger partial charge in [-0.2, -0.15) is 0 Å². The molecular formula is C16H22ClNO3. The Hall–Kier alpha value is -1.26. The van der Waals surface area contributed by atoms with Gasteiger partial charge in [0.25, 0.3) is 5.91 Å². The molecule has 0 unspecified atom stereocenters. The third kappa shape index (κ3) is 3.50. The van der Waals surface area contributed by atoms with Crippen molar-refractivity contribution in [3.8, 4) is 5.75 Å². The molecule has 0 aromatic heterocycles. The lowest BCUT2D eigenvalue weighted by molar-refractivity contribution is -0.0521. The van der Waals surface area contributed by atoms with Crippen LogP contribution >= 0.6 is 11.6 Å². The van der Waals surface area contributed by atoms with Crippen LogP contribution in [0.25, 0.3) is 0 Å². The summed E-state index contributed by atoms with van der Waals surface area (Å²) in [4.78, 5) is 14.4. The van der Waals surface area contributed by atoms with Gasteiger partial charge in [-0.25, -0.2) is 0 Å². The first-order valence-electron chi connectivity index (χ1n) is 7.23. The molecule has 1 amide bonds. The first-order valence-corrected chi connectivity index (χ1v) is 7.61. The van der Waals surface area contributed by atoms with E-state index in [9.17, 15) is 9.90 Å². The molecule has 0 saturated carbocycles. The van der Waals surface area contributed by atoms with E-state index >= 15 is 0 Å². The molecule has 1 aromatic carbocycles. The summed E-state index contributed by atoms with van der Waals surface area (Å²) in [6, 6.07) is 5.02. The van der Waals surface area contributed by atoms with Crippen LogP contribution in [0.3, 0.4) is 0 Å². The highest BCUT2D eigenvalue weighted by atomic mass is 35.5. The number of aliphatic hydroxyl groups is 1. The number of likely N-dealkylation sites (tertiary alicyclic amines) is 1. The Balaban J connectivity index is 2.19. The van der Waals surface area contributed by atoms with Crippen molar-refractivity contribution < 1.29 is 14.6 Å². The van der Waals surface area contributed by atoms with E-state index in [-0.39, 0.29) is 11.8 Å². The van der Waals surface area contributed by atoms with E-state index in [4.69, 9.17) is 16.3 Å². The number of rotatable bonds is 3. The molecule has 1 aliphatic heterocycles. The third-order valence-electron chi connectivity index (χ3n) is 4.34. The largest absolute Gasteiger partial charge is 0.497 e. The number of hydrogen-bond acceptors (Lipinski definition) is 3. The van der Waals surface area contributed by atoms with Crippen molar-refractivity contribution in [2.75, 3.05) is 20.2 Å². The van der Waals surface area contributed by atoms with Gasteiger partial charge in [-0.15, -0.1) is 0 Å². The van der Waals surface area contributed by atoms with E-state index in [2.05, 4.69) is 0 Å². The normalized spacial score (nSPS) is 25.8. The van der Waals surface area contributed by atoms with Gasteiger partial charge in [-0.3, -0.25) is 4.79 Å². The Labute approximate surface area is 130 Å². The minimum atomic E-state index is -0.697. The summed E-state index contributed by atoms with van der Waals surface area (Å²) in [5.74, 6) is 0.600. The highest BCUT2D eigenvalue weighted by Gasteiger charge is 2.38. The van der Waals surface area contributed by atoms with Crippen molar-refractivity contribution >= 4 is 17.5 Å². The molecule has 0 aliphatic carbocycles. The van der Waals surface area contributed by atoms with Crippen LogP contribution in [0, 0.1) is 5.92 Å². The predicted molar refractivity (Wildman–Crippen MR) is 82.9 cm³/mol. The van der Waals surface area contributed by atoms with Crippen molar-refractivity contribution in [2.45, 2.75) is 32.3 Å². The van der Waals surface area contributed by atoms with Crippen LogP contribution in [0.1, 0.15) is 37.0 Å². The van der Waals surface area contributed by atoms with Gasteiger partial charge in [0.15, 0.2) is 0 Å². The summed E-state index contributed by atoms with van der Waals surface area (Å²) >= 11 is 6.02. The smallest absolute Gasteiger partial charge is 0.254 e. The van der Waals surface area contributed by atoms with Gasteiger partial charge in [-0.05, 0) is 38.0 Å². The number of methoxy groups -OCH3 is 1. The maximum atomic E-state index is 12.6. The van der Waals surface area contributed by atoms with Crippen LogP contribution in [-0.2, 0) is 0 Å². The van der Waals surface area contributed by atoms with E-state index in [0.717, 1.165) is 6.42 Å². The molecule has 4 nitrogen and oxygen atoms in total. The molecule has 2 rings (SSSR count). The van der Waals surface area contributed by atoms with E-state index in [1.165, 1.54) is 0 Å². The second-order valence-corrected chi connectivity index (χ2v) is 6.28. The zero-order valence-corrected chi connectivity index (χ0v) is 13.5. The Bertz CT molecular complexity index is 530. The average molecular weight is 312 g/mol. The number of carbonyl (C=O) groups excluding carboxylic acids is 1. The van der Waals surface area contributed by atoms with E-state index in [0.29, 0.717) is 35.8 Å². The second-order valence-electron chi connectivity index (χ2n) is 5.84. The Morgan fingerprint density at radius 1 is 1.52 bits per heavy atom. The minimum Gasteiger partial charge on any atom is -0.497 e. The van der Waals surface area contributed by atoms with E-state index in [1.807, 2.05) is 13.8 Å². The molecule has 1 fully saturated rings. The molecule has 0 radical (unpaired) electrons. The lowest BCUT2D eigenvalue weighted by Gasteiger charge is -2.42. The highest BCUT2D eigenvalue weighted by molar-refractivity contribution is 6.31. The summed E-state index contributed by atoms with van der Waals surface area (Å²) in [7, 11) is 1.55. The highest BCUT2D eigenvalue weighted by Crippen LogP contribution is 2.31. The van der Waals surface area contributed by atoms with Crippen LogP contribution < -0.4 is 4.74 Å². The standard InChI is InChI=1S/C16H22ClNO3/c1-4-12-10-18(6-5-16(12,2)20)15(19)11-7-13(17)9-14(8-11)21-3/h7-9,12,20H,4-6,10H2,1-3H3/t12-,16+/m1/s1. The predicted octanol–water partition coefficient (Wildman–Crippen LogP) is 2.97. The first-order chi connectivity index (χ1) is 9.87. The molecule has 1 aliphatic rings. The van der Waals surface area contributed by atoms with Gasteiger partial charge in [0.1, 0.15) is 5.75 Å². The Morgan fingerprint density at radius 2 is 2.24 bits per heavy atom. The number of benzene rings is 1. The number of nitrogens with zero attached hydrogens (tertiary/aromatic N) is 1. The van der Waals surface area contributed by atoms with E-state index in [1.54, 1.807) is 30.2 Å². The summed E-state index contributed by atoms with van der Waals surface area (Å²) in [5.41, 5.74) is -0.173. The maximum absolute atomic E-state index is 12.6.